The molecule has 1 aliphatic rings. The molecule has 0 bridgehead atoms. The number of carbonyl (C=O) groups is 1. The minimum atomic E-state index is -0.414. The number of hydrogen-bond acceptors (Lipinski definition) is 5. The van der Waals surface area contributed by atoms with Crippen molar-refractivity contribution in [3.8, 4) is 0 Å². The number of likely N-dealkylation sites (tertiary alicyclic amines) is 1. The quantitative estimate of drug-likeness (QED) is 0.807. The zero-order valence-corrected chi connectivity index (χ0v) is 15.5. The molecule has 6 heteroatoms. The van der Waals surface area contributed by atoms with Crippen LogP contribution in [-0.2, 0) is 17.7 Å². The van der Waals surface area contributed by atoms with Gasteiger partial charge in [-0.05, 0) is 52.5 Å². The van der Waals surface area contributed by atoms with Crippen LogP contribution in [0, 0.1) is 5.92 Å². The second-order valence-corrected chi connectivity index (χ2v) is 8.32. The van der Waals surface area contributed by atoms with Gasteiger partial charge >= 0.3 is 6.09 Å². The SMILES string of the molecule is CCc1ncc(CNCCC2CCN(C(=O)OC(C)(C)C)C2)s1. The van der Waals surface area contributed by atoms with Gasteiger partial charge in [-0.3, -0.25) is 0 Å². The molecule has 0 aliphatic carbocycles. The number of rotatable bonds is 6. The summed E-state index contributed by atoms with van der Waals surface area (Å²) < 4.78 is 5.43. The van der Waals surface area contributed by atoms with Crippen LogP contribution in [0.2, 0.25) is 0 Å². The number of thiazole rings is 1. The van der Waals surface area contributed by atoms with E-state index in [1.54, 1.807) is 11.3 Å². The van der Waals surface area contributed by atoms with Crippen molar-refractivity contribution < 1.29 is 9.53 Å². The van der Waals surface area contributed by atoms with Gasteiger partial charge in [0.2, 0.25) is 0 Å². The normalized spacial score (nSPS) is 18.4. The second-order valence-electron chi connectivity index (χ2n) is 7.12. The Kier molecular flexibility index (Phi) is 6.41. The topological polar surface area (TPSA) is 54.5 Å². The molecule has 1 aliphatic heterocycles. The summed E-state index contributed by atoms with van der Waals surface area (Å²) in [6, 6.07) is 0. The molecule has 0 aromatic carbocycles. The van der Waals surface area contributed by atoms with Crippen molar-refractivity contribution in [3.05, 3.63) is 16.1 Å². The summed E-state index contributed by atoms with van der Waals surface area (Å²) in [7, 11) is 0. The zero-order valence-electron chi connectivity index (χ0n) is 14.7. The summed E-state index contributed by atoms with van der Waals surface area (Å²) in [5.41, 5.74) is -0.414. The summed E-state index contributed by atoms with van der Waals surface area (Å²) in [6.45, 7) is 11.4. The number of hydrogen-bond donors (Lipinski definition) is 1. The molecule has 0 saturated carbocycles. The third-order valence-corrected chi connectivity index (χ3v) is 5.01. The summed E-state index contributed by atoms with van der Waals surface area (Å²) in [6.07, 6.45) is 4.97. The molecule has 130 valence electrons. The van der Waals surface area contributed by atoms with Crippen LogP contribution in [0.1, 0.15) is 50.4 Å². The van der Waals surface area contributed by atoms with E-state index in [1.807, 2.05) is 31.9 Å². The minimum absolute atomic E-state index is 0.176. The molecule has 1 unspecified atom stereocenters. The summed E-state index contributed by atoms with van der Waals surface area (Å²) >= 11 is 1.78. The monoisotopic (exact) mass is 339 g/mol. The van der Waals surface area contributed by atoms with Crippen molar-refractivity contribution in [1.82, 2.24) is 15.2 Å². The molecule has 5 nitrogen and oxygen atoms in total. The third kappa shape index (κ3) is 6.11. The Bertz CT molecular complexity index is 510. The van der Waals surface area contributed by atoms with E-state index in [0.29, 0.717) is 5.92 Å². The van der Waals surface area contributed by atoms with Gasteiger partial charge in [0.15, 0.2) is 0 Å². The standard InChI is InChI=1S/C17H29N3O2S/c1-5-15-19-11-14(23-15)10-18-8-6-13-7-9-20(12-13)16(21)22-17(2,3)4/h11,13,18H,5-10,12H2,1-4H3. The van der Waals surface area contributed by atoms with Crippen LogP contribution in [0.15, 0.2) is 6.20 Å². The molecule has 1 aromatic rings. The van der Waals surface area contributed by atoms with Gasteiger partial charge in [-0.15, -0.1) is 11.3 Å². The van der Waals surface area contributed by atoms with E-state index in [0.717, 1.165) is 45.4 Å². The minimum Gasteiger partial charge on any atom is -0.444 e. The lowest BCUT2D eigenvalue weighted by Gasteiger charge is -2.24. The predicted molar refractivity (Wildman–Crippen MR) is 93.7 cm³/mol. The summed E-state index contributed by atoms with van der Waals surface area (Å²) in [5, 5.41) is 4.68. The predicted octanol–water partition coefficient (Wildman–Crippen LogP) is 3.44. The van der Waals surface area contributed by atoms with E-state index in [1.165, 1.54) is 9.88 Å². The third-order valence-electron chi connectivity index (χ3n) is 3.87. The Morgan fingerprint density at radius 1 is 1.52 bits per heavy atom. The Hall–Kier alpha value is -1.14. The molecule has 23 heavy (non-hydrogen) atoms. The van der Waals surface area contributed by atoms with Crippen LogP contribution < -0.4 is 5.32 Å². The van der Waals surface area contributed by atoms with E-state index in [9.17, 15) is 4.79 Å². The number of nitrogens with one attached hydrogen (secondary N) is 1. The Balaban J connectivity index is 1.63. The summed E-state index contributed by atoms with van der Waals surface area (Å²) in [5.74, 6) is 0.572. The van der Waals surface area contributed by atoms with Crippen LogP contribution >= 0.6 is 11.3 Å². The van der Waals surface area contributed by atoms with Crippen molar-refractivity contribution in [2.75, 3.05) is 19.6 Å². The smallest absolute Gasteiger partial charge is 0.410 e. The van der Waals surface area contributed by atoms with Crippen LogP contribution in [0.4, 0.5) is 4.79 Å². The summed E-state index contributed by atoms with van der Waals surface area (Å²) in [4.78, 5) is 19.5. The van der Waals surface area contributed by atoms with Crippen LogP contribution in [0.25, 0.3) is 0 Å². The Labute approximate surface area is 143 Å². The molecule has 1 fully saturated rings. The van der Waals surface area contributed by atoms with Crippen molar-refractivity contribution in [3.63, 3.8) is 0 Å². The van der Waals surface area contributed by atoms with Gasteiger partial charge in [0.05, 0.1) is 5.01 Å². The van der Waals surface area contributed by atoms with Crippen molar-refractivity contribution in [1.29, 1.82) is 0 Å². The van der Waals surface area contributed by atoms with Gasteiger partial charge < -0.3 is 15.0 Å². The average molecular weight is 340 g/mol. The van der Waals surface area contributed by atoms with Gasteiger partial charge in [0.1, 0.15) is 5.60 Å². The van der Waals surface area contributed by atoms with E-state index >= 15 is 0 Å². The largest absolute Gasteiger partial charge is 0.444 e. The lowest BCUT2D eigenvalue weighted by atomic mass is 10.1. The second kappa shape index (κ2) is 8.11. The number of amides is 1. The highest BCUT2D eigenvalue weighted by Gasteiger charge is 2.29. The molecule has 1 N–H and O–H groups in total. The van der Waals surface area contributed by atoms with E-state index in [2.05, 4.69) is 17.2 Å². The molecule has 2 rings (SSSR count). The lowest BCUT2D eigenvalue weighted by Crippen LogP contribution is -2.35. The van der Waals surface area contributed by atoms with Gasteiger partial charge in [-0.1, -0.05) is 6.92 Å². The van der Waals surface area contributed by atoms with Crippen molar-refractivity contribution in [2.24, 2.45) is 5.92 Å². The Morgan fingerprint density at radius 3 is 2.96 bits per heavy atom. The highest BCUT2D eigenvalue weighted by molar-refractivity contribution is 7.11. The molecule has 1 atom stereocenters. The first-order valence-corrected chi connectivity index (χ1v) is 9.31. The van der Waals surface area contributed by atoms with Gasteiger partial charge in [0, 0.05) is 30.7 Å². The molecule has 2 heterocycles. The molecule has 1 amide bonds. The van der Waals surface area contributed by atoms with Crippen molar-refractivity contribution in [2.45, 2.75) is 59.1 Å². The number of aromatic nitrogens is 1. The maximum atomic E-state index is 12.0. The van der Waals surface area contributed by atoms with E-state index < -0.39 is 5.60 Å². The molecule has 0 spiro atoms. The maximum absolute atomic E-state index is 12.0. The lowest BCUT2D eigenvalue weighted by molar-refractivity contribution is 0.0287. The molecule has 1 aromatic heterocycles. The fourth-order valence-electron chi connectivity index (χ4n) is 2.67. The zero-order chi connectivity index (χ0) is 16.9. The molecule has 0 radical (unpaired) electrons. The molecular weight excluding hydrogens is 310 g/mol. The average Bonchev–Trinajstić information content (AvgIpc) is 3.11. The first-order valence-electron chi connectivity index (χ1n) is 8.49. The number of carbonyl (C=O) groups excluding carboxylic acids is 1. The fraction of sp³-hybridized carbons (Fsp3) is 0.765. The Morgan fingerprint density at radius 2 is 2.30 bits per heavy atom. The van der Waals surface area contributed by atoms with Crippen molar-refractivity contribution >= 4 is 17.4 Å². The number of ether oxygens (including phenoxy) is 1. The van der Waals surface area contributed by atoms with Crippen LogP contribution in [-0.4, -0.2) is 41.2 Å². The van der Waals surface area contributed by atoms with Gasteiger partial charge in [-0.2, -0.15) is 0 Å². The van der Waals surface area contributed by atoms with E-state index in [-0.39, 0.29) is 6.09 Å². The first kappa shape index (κ1) is 18.2. The van der Waals surface area contributed by atoms with Gasteiger partial charge in [0.25, 0.3) is 0 Å². The van der Waals surface area contributed by atoms with Crippen LogP contribution in [0.3, 0.4) is 0 Å². The maximum Gasteiger partial charge on any atom is 0.410 e. The van der Waals surface area contributed by atoms with Gasteiger partial charge in [-0.25, -0.2) is 9.78 Å². The number of nitrogens with zero attached hydrogens (tertiary/aromatic N) is 2. The highest BCUT2D eigenvalue weighted by atomic mass is 32.1. The first-order chi connectivity index (χ1) is 10.9. The highest BCUT2D eigenvalue weighted by Crippen LogP contribution is 2.21. The number of aryl methyl sites for hydroxylation is 1. The molecular formula is C17H29N3O2S. The molecule has 1 saturated heterocycles. The fourth-order valence-corrected chi connectivity index (χ4v) is 3.50. The van der Waals surface area contributed by atoms with Crippen LogP contribution in [0.5, 0.6) is 0 Å². The van der Waals surface area contributed by atoms with E-state index in [4.69, 9.17) is 4.74 Å².